The Balaban J connectivity index is 0.00000150. The number of hydrogen-bond acceptors (Lipinski definition) is 4. The third-order valence-corrected chi connectivity index (χ3v) is 4.95. The van der Waals surface area contributed by atoms with E-state index in [2.05, 4.69) is 15.2 Å². The summed E-state index contributed by atoms with van der Waals surface area (Å²) in [5.41, 5.74) is 2.98. The molecule has 2 atom stereocenters. The molecule has 156 valence electrons. The van der Waals surface area contributed by atoms with Gasteiger partial charge in [0.15, 0.2) is 0 Å². The molecule has 4 rings (SSSR count). The van der Waals surface area contributed by atoms with Crippen LogP contribution in [0.25, 0.3) is 11.0 Å². The number of halogens is 2. The van der Waals surface area contributed by atoms with E-state index in [4.69, 9.17) is 9.72 Å². The number of nitrogens with zero attached hydrogens (tertiary/aromatic N) is 2. The molecule has 2 aromatic carbocycles. The van der Waals surface area contributed by atoms with E-state index in [0.717, 1.165) is 29.0 Å². The van der Waals surface area contributed by atoms with Crippen LogP contribution < -0.4 is 10.6 Å². The Kier molecular flexibility index (Phi) is 8.46. The molecule has 0 bridgehead atoms. The fourth-order valence-corrected chi connectivity index (χ4v) is 3.56. The van der Waals surface area contributed by atoms with E-state index in [9.17, 15) is 4.79 Å². The number of morpholine rings is 1. The lowest BCUT2D eigenvalue weighted by molar-refractivity contribution is -0.122. The standard InChI is InChI=1S/C21H24N4O2.2ClH/c1-25-18-10-6-5-9-17(18)23-21(25)20(15-7-3-2-4-8-15)24-19(26)13-16-14-27-12-11-22-16;;/h2-10,16,20,22H,11-14H2,1H3,(H,24,26);2*1H. The molecule has 0 aliphatic carbocycles. The third kappa shape index (κ3) is 5.28. The monoisotopic (exact) mass is 436 g/mol. The summed E-state index contributed by atoms with van der Waals surface area (Å²) in [6, 6.07) is 17.7. The maximum Gasteiger partial charge on any atom is 0.222 e. The topological polar surface area (TPSA) is 68.2 Å². The van der Waals surface area contributed by atoms with Gasteiger partial charge in [-0.2, -0.15) is 0 Å². The van der Waals surface area contributed by atoms with Crippen molar-refractivity contribution >= 4 is 41.8 Å². The van der Waals surface area contributed by atoms with Crippen molar-refractivity contribution in [3.05, 3.63) is 66.0 Å². The summed E-state index contributed by atoms with van der Waals surface area (Å²) in [6.07, 6.45) is 0.382. The molecule has 1 aliphatic heterocycles. The number of benzene rings is 2. The molecule has 2 heterocycles. The van der Waals surface area contributed by atoms with Gasteiger partial charge in [0.2, 0.25) is 5.91 Å². The van der Waals surface area contributed by atoms with Crippen molar-refractivity contribution in [1.82, 2.24) is 20.2 Å². The van der Waals surface area contributed by atoms with Gasteiger partial charge in [-0.25, -0.2) is 4.98 Å². The molecular formula is C21H26Cl2N4O2. The Morgan fingerprint density at radius 2 is 1.93 bits per heavy atom. The largest absolute Gasteiger partial charge is 0.378 e. The summed E-state index contributed by atoms with van der Waals surface area (Å²) in [5.74, 6) is 0.808. The van der Waals surface area contributed by atoms with E-state index < -0.39 is 0 Å². The van der Waals surface area contributed by atoms with E-state index in [1.54, 1.807) is 0 Å². The molecule has 29 heavy (non-hydrogen) atoms. The molecule has 2 unspecified atom stereocenters. The van der Waals surface area contributed by atoms with E-state index >= 15 is 0 Å². The van der Waals surface area contributed by atoms with Crippen LogP contribution in [-0.4, -0.2) is 41.3 Å². The van der Waals surface area contributed by atoms with Crippen molar-refractivity contribution in [3.8, 4) is 0 Å². The van der Waals surface area contributed by atoms with Gasteiger partial charge in [-0.3, -0.25) is 4.79 Å². The minimum Gasteiger partial charge on any atom is -0.378 e. The van der Waals surface area contributed by atoms with Crippen molar-refractivity contribution in [2.45, 2.75) is 18.5 Å². The number of aryl methyl sites for hydroxylation is 1. The Bertz CT molecular complexity index is 927. The van der Waals surface area contributed by atoms with E-state index in [-0.39, 0.29) is 42.8 Å². The normalized spacial score (nSPS) is 17.1. The van der Waals surface area contributed by atoms with Gasteiger partial charge in [-0.05, 0) is 17.7 Å². The molecule has 3 aromatic rings. The van der Waals surface area contributed by atoms with Gasteiger partial charge in [0.25, 0.3) is 0 Å². The quantitative estimate of drug-likeness (QED) is 0.644. The van der Waals surface area contributed by atoms with Gasteiger partial charge >= 0.3 is 0 Å². The highest BCUT2D eigenvalue weighted by atomic mass is 35.5. The predicted octanol–water partition coefficient (Wildman–Crippen LogP) is 3.00. The number of carbonyl (C=O) groups excluding carboxylic acids is 1. The van der Waals surface area contributed by atoms with Crippen molar-refractivity contribution in [1.29, 1.82) is 0 Å². The molecule has 2 N–H and O–H groups in total. The lowest BCUT2D eigenvalue weighted by Gasteiger charge is -2.25. The zero-order valence-electron chi connectivity index (χ0n) is 16.2. The molecule has 1 amide bonds. The summed E-state index contributed by atoms with van der Waals surface area (Å²) >= 11 is 0. The van der Waals surface area contributed by atoms with Gasteiger partial charge in [0.1, 0.15) is 11.9 Å². The molecule has 0 radical (unpaired) electrons. The number of imidazole rings is 1. The summed E-state index contributed by atoms with van der Waals surface area (Å²) in [6.45, 7) is 2.05. The predicted molar refractivity (Wildman–Crippen MR) is 119 cm³/mol. The Labute approximate surface area is 182 Å². The summed E-state index contributed by atoms with van der Waals surface area (Å²) < 4.78 is 7.51. The van der Waals surface area contributed by atoms with Crippen LogP contribution in [0.4, 0.5) is 0 Å². The number of nitrogens with one attached hydrogen (secondary N) is 2. The highest BCUT2D eigenvalue weighted by Crippen LogP contribution is 2.25. The molecule has 1 saturated heterocycles. The second kappa shape index (κ2) is 10.6. The van der Waals surface area contributed by atoms with Crippen LogP contribution in [-0.2, 0) is 16.6 Å². The first kappa shape index (κ1) is 23.2. The Morgan fingerprint density at radius 3 is 2.62 bits per heavy atom. The fraction of sp³-hybridized carbons (Fsp3) is 0.333. The van der Waals surface area contributed by atoms with Crippen LogP contribution in [0.3, 0.4) is 0 Å². The van der Waals surface area contributed by atoms with Crippen molar-refractivity contribution < 1.29 is 9.53 Å². The maximum atomic E-state index is 12.8. The average molecular weight is 437 g/mol. The fourth-order valence-electron chi connectivity index (χ4n) is 3.56. The molecular weight excluding hydrogens is 411 g/mol. The highest BCUT2D eigenvalue weighted by Gasteiger charge is 2.24. The molecule has 8 heteroatoms. The zero-order valence-corrected chi connectivity index (χ0v) is 17.8. The second-order valence-electron chi connectivity index (χ2n) is 6.86. The number of fused-ring (bicyclic) bond motifs is 1. The smallest absolute Gasteiger partial charge is 0.222 e. The van der Waals surface area contributed by atoms with Gasteiger partial charge < -0.3 is 19.9 Å². The SMILES string of the molecule is Cl.Cl.Cn1c(C(NC(=O)CC2COCCN2)c2ccccc2)nc2ccccc21. The molecule has 0 spiro atoms. The lowest BCUT2D eigenvalue weighted by Crippen LogP contribution is -2.44. The summed E-state index contributed by atoms with van der Waals surface area (Å²) in [5, 5.41) is 6.51. The van der Waals surface area contributed by atoms with Gasteiger partial charge in [0, 0.05) is 26.1 Å². The first-order valence-corrected chi connectivity index (χ1v) is 9.29. The van der Waals surface area contributed by atoms with Crippen LogP contribution >= 0.6 is 24.8 Å². The first-order valence-electron chi connectivity index (χ1n) is 9.29. The third-order valence-electron chi connectivity index (χ3n) is 4.95. The Hall–Kier alpha value is -2.12. The zero-order chi connectivity index (χ0) is 18.6. The summed E-state index contributed by atoms with van der Waals surface area (Å²) in [7, 11) is 1.99. The van der Waals surface area contributed by atoms with Crippen LogP contribution in [0.5, 0.6) is 0 Å². The van der Waals surface area contributed by atoms with Gasteiger partial charge in [-0.15, -0.1) is 24.8 Å². The van der Waals surface area contributed by atoms with E-state index in [0.29, 0.717) is 19.6 Å². The molecule has 6 nitrogen and oxygen atoms in total. The number of rotatable bonds is 5. The number of ether oxygens (including phenoxy) is 1. The van der Waals surface area contributed by atoms with Crippen molar-refractivity contribution in [2.75, 3.05) is 19.8 Å². The first-order chi connectivity index (χ1) is 13.2. The van der Waals surface area contributed by atoms with Crippen LogP contribution in [0.2, 0.25) is 0 Å². The van der Waals surface area contributed by atoms with Crippen LogP contribution in [0.15, 0.2) is 54.6 Å². The Morgan fingerprint density at radius 1 is 1.21 bits per heavy atom. The summed E-state index contributed by atoms with van der Waals surface area (Å²) in [4.78, 5) is 17.5. The number of para-hydroxylation sites is 2. The van der Waals surface area contributed by atoms with Gasteiger partial charge in [-0.1, -0.05) is 42.5 Å². The van der Waals surface area contributed by atoms with E-state index in [1.165, 1.54) is 0 Å². The number of aromatic nitrogens is 2. The van der Waals surface area contributed by atoms with Gasteiger partial charge in [0.05, 0.1) is 24.2 Å². The lowest BCUT2D eigenvalue weighted by atomic mass is 10.1. The molecule has 0 saturated carbocycles. The number of amides is 1. The number of hydrogen-bond donors (Lipinski definition) is 2. The van der Waals surface area contributed by atoms with Crippen LogP contribution in [0.1, 0.15) is 23.9 Å². The minimum atomic E-state index is -0.305. The molecule has 1 aromatic heterocycles. The van der Waals surface area contributed by atoms with Crippen molar-refractivity contribution in [2.24, 2.45) is 7.05 Å². The van der Waals surface area contributed by atoms with Crippen LogP contribution in [0, 0.1) is 0 Å². The minimum absolute atomic E-state index is 0. The maximum absolute atomic E-state index is 12.8. The molecule has 1 aliphatic rings. The number of carbonyl (C=O) groups is 1. The highest BCUT2D eigenvalue weighted by molar-refractivity contribution is 5.85. The van der Waals surface area contributed by atoms with Crippen molar-refractivity contribution in [3.63, 3.8) is 0 Å². The van der Waals surface area contributed by atoms with E-state index in [1.807, 2.05) is 61.6 Å². The average Bonchev–Trinajstić information content (AvgIpc) is 3.04. The molecule has 1 fully saturated rings. The second-order valence-corrected chi connectivity index (χ2v) is 6.86.